The van der Waals surface area contributed by atoms with E-state index in [1.807, 2.05) is 30.5 Å². The van der Waals surface area contributed by atoms with Crippen LogP contribution < -0.4 is 4.90 Å². The van der Waals surface area contributed by atoms with E-state index in [0.29, 0.717) is 11.8 Å². The summed E-state index contributed by atoms with van der Waals surface area (Å²) in [6.07, 6.45) is 2.28. The molecule has 0 amide bonds. The molecule has 1 aliphatic heterocycles. The lowest BCUT2D eigenvalue weighted by molar-refractivity contribution is 0.696. The van der Waals surface area contributed by atoms with E-state index in [1.54, 1.807) is 0 Å². The van der Waals surface area contributed by atoms with Gasteiger partial charge < -0.3 is 4.90 Å². The lowest BCUT2D eigenvalue weighted by Gasteiger charge is -2.27. The number of fused-ring (bicyclic) bond motifs is 1. The average molecular weight is 328 g/mol. The third-order valence-electron chi connectivity index (χ3n) is 4.33. The van der Waals surface area contributed by atoms with E-state index in [9.17, 15) is 0 Å². The SMILES string of the molecule is Cc1cc(N2CCCC2c2ccc(Cl)cc2)n2nc(C)nc2n1. The van der Waals surface area contributed by atoms with Gasteiger partial charge in [-0.25, -0.2) is 4.98 Å². The van der Waals surface area contributed by atoms with Gasteiger partial charge in [-0.3, -0.25) is 0 Å². The van der Waals surface area contributed by atoms with Crippen LogP contribution in [0.15, 0.2) is 30.3 Å². The van der Waals surface area contributed by atoms with Crippen LogP contribution in [0.5, 0.6) is 0 Å². The third-order valence-corrected chi connectivity index (χ3v) is 4.58. The maximum atomic E-state index is 6.03. The van der Waals surface area contributed by atoms with Crippen LogP contribution in [0, 0.1) is 13.8 Å². The minimum atomic E-state index is 0.335. The standard InChI is InChI=1S/C17H18ClN5/c1-11-10-16(23-17(19-11)20-12(2)21-23)22-9-3-4-15(22)13-5-7-14(18)8-6-13/h5-8,10,15H,3-4,9H2,1-2H3. The fraction of sp³-hybridized carbons (Fsp3) is 0.353. The number of anilines is 1. The van der Waals surface area contributed by atoms with Crippen molar-refractivity contribution < 1.29 is 0 Å². The van der Waals surface area contributed by atoms with E-state index in [0.717, 1.165) is 41.7 Å². The highest BCUT2D eigenvalue weighted by molar-refractivity contribution is 6.30. The molecule has 3 aromatic rings. The van der Waals surface area contributed by atoms with E-state index in [-0.39, 0.29) is 0 Å². The van der Waals surface area contributed by atoms with Gasteiger partial charge in [0.15, 0.2) is 0 Å². The molecule has 0 radical (unpaired) electrons. The summed E-state index contributed by atoms with van der Waals surface area (Å²) in [5, 5.41) is 5.29. The van der Waals surface area contributed by atoms with Gasteiger partial charge in [-0.2, -0.15) is 9.50 Å². The van der Waals surface area contributed by atoms with E-state index in [2.05, 4.69) is 38.2 Å². The summed E-state index contributed by atoms with van der Waals surface area (Å²) in [5.41, 5.74) is 2.24. The molecule has 3 heterocycles. The molecule has 4 rings (SSSR count). The number of aryl methyl sites for hydroxylation is 2. The summed E-state index contributed by atoms with van der Waals surface area (Å²) in [6.45, 7) is 4.90. The van der Waals surface area contributed by atoms with Crippen molar-refractivity contribution in [2.75, 3.05) is 11.4 Å². The maximum absolute atomic E-state index is 6.03. The van der Waals surface area contributed by atoms with Gasteiger partial charge in [0.25, 0.3) is 5.78 Å². The van der Waals surface area contributed by atoms with E-state index < -0.39 is 0 Å². The summed E-state index contributed by atoms with van der Waals surface area (Å²) in [5.74, 6) is 2.47. The van der Waals surface area contributed by atoms with Crippen molar-refractivity contribution in [1.29, 1.82) is 0 Å². The van der Waals surface area contributed by atoms with Crippen LogP contribution in [0.1, 0.15) is 36.0 Å². The summed E-state index contributed by atoms with van der Waals surface area (Å²) in [6, 6.07) is 10.6. The Labute approximate surface area is 139 Å². The molecule has 0 spiro atoms. The lowest BCUT2D eigenvalue weighted by Crippen LogP contribution is -2.25. The number of hydrogen-bond donors (Lipinski definition) is 0. The van der Waals surface area contributed by atoms with Crippen LogP contribution in [0.4, 0.5) is 5.82 Å². The van der Waals surface area contributed by atoms with Crippen LogP contribution in [-0.4, -0.2) is 26.1 Å². The molecule has 1 fully saturated rings. The van der Waals surface area contributed by atoms with Gasteiger partial charge in [-0.15, -0.1) is 5.10 Å². The molecule has 23 heavy (non-hydrogen) atoms. The Morgan fingerprint density at radius 3 is 2.70 bits per heavy atom. The molecular weight excluding hydrogens is 310 g/mol. The molecule has 0 saturated carbocycles. The second-order valence-electron chi connectivity index (χ2n) is 6.03. The summed E-state index contributed by atoms with van der Waals surface area (Å²) >= 11 is 6.03. The Kier molecular flexibility index (Phi) is 3.45. The topological polar surface area (TPSA) is 46.3 Å². The average Bonchev–Trinajstić information content (AvgIpc) is 3.13. The lowest BCUT2D eigenvalue weighted by atomic mass is 10.0. The van der Waals surface area contributed by atoms with Gasteiger partial charge >= 0.3 is 0 Å². The van der Waals surface area contributed by atoms with Crippen molar-refractivity contribution in [3.63, 3.8) is 0 Å². The Morgan fingerprint density at radius 2 is 1.91 bits per heavy atom. The van der Waals surface area contributed by atoms with Crippen molar-refractivity contribution in [3.8, 4) is 0 Å². The molecule has 0 bridgehead atoms. The highest BCUT2D eigenvalue weighted by atomic mass is 35.5. The minimum absolute atomic E-state index is 0.335. The number of halogens is 1. The van der Waals surface area contributed by atoms with Crippen molar-refractivity contribution in [2.45, 2.75) is 32.7 Å². The highest BCUT2D eigenvalue weighted by Gasteiger charge is 2.28. The van der Waals surface area contributed by atoms with E-state index in [4.69, 9.17) is 11.6 Å². The molecule has 1 aliphatic rings. The monoisotopic (exact) mass is 327 g/mol. The zero-order valence-electron chi connectivity index (χ0n) is 13.2. The Balaban J connectivity index is 1.81. The molecule has 0 aliphatic carbocycles. The van der Waals surface area contributed by atoms with Crippen LogP contribution in [0.25, 0.3) is 5.78 Å². The van der Waals surface area contributed by atoms with Crippen molar-refractivity contribution >= 4 is 23.2 Å². The number of rotatable bonds is 2. The molecule has 5 nitrogen and oxygen atoms in total. The predicted octanol–water partition coefficient (Wildman–Crippen LogP) is 3.74. The van der Waals surface area contributed by atoms with E-state index >= 15 is 0 Å². The van der Waals surface area contributed by atoms with Gasteiger partial charge in [0.1, 0.15) is 11.6 Å². The Bertz CT molecular complexity index is 855. The Morgan fingerprint density at radius 1 is 1.13 bits per heavy atom. The maximum Gasteiger partial charge on any atom is 0.254 e. The van der Waals surface area contributed by atoms with Crippen molar-refractivity contribution in [1.82, 2.24) is 19.6 Å². The zero-order valence-corrected chi connectivity index (χ0v) is 14.0. The molecule has 1 unspecified atom stereocenters. The number of benzene rings is 1. The molecule has 1 aromatic carbocycles. The molecule has 2 aromatic heterocycles. The second-order valence-corrected chi connectivity index (χ2v) is 6.47. The smallest absolute Gasteiger partial charge is 0.254 e. The van der Waals surface area contributed by atoms with Gasteiger partial charge in [0.05, 0.1) is 6.04 Å². The first-order valence-corrected chi connectivity index (χ1v) is 8.23. The first-order valence-electron chi connectivity index (χ1n) is 7.85. The quantitative estimate of drug-likeness (QED) is 0.719. The van der Waals surface area contributed by atoms with Gasteiger partial charge in [0.2, 0.25) is 0 Å². The van der Waals surface area contributed by atoms with E-state index in [1.165, 1.54) is 5.56 Å². The molecule has 118 valence electrons. The largest absolute Gasteiger partial charge is 0.349 e. The first-order chi connectivity index (χ1) is 11.1. The van der Waals surface area contributed by atoms with Crippen LogP contribution >= 0.6 is 11.6 Å². The number of hydrogen-bond acceptors (Lipinski definition) is 4. The third kappa shape index (κ3) is 2.55. The first kappa shape index (κ1) is 14.5. The van der Waals surface area contributed by atoms with Gasteiger partial charge in [-0.05, 0) is 44.4 Å². The molecule has 6 heteroatoms. The molecule has 1 saturated heterocycles. The van der Waals surface area contributed by atoms with Crippen molar-refractivity contribution in [2.24, 2.45) is 0 Å². The highest BCUT2D eigenvalue weighted by Crippen LogP contribution is 2.36. The molecule has 0 N–H and O–H groups in total. The normalized spacial score (nSPS) is 18.0. The second kappa shape index (κ2) is 5.49. The Hall–Kier alpha value is -2.14. The summed E-state index contributed by atoms with van der Waals surface area (Å²) < 4.78 is 1.86. The van der Waals surface area contributed by atoms with Crippen LogP contribution in [0.3, 0.4) is 0 Å². The fourth-order valence-electron chi connectivity index (χ4n) is 3.34. The van der Waals surface area contributed by atoms with Crippen LogP contribution in [-0.2, 0) is 0 Å². The zero-order chi connectivity index (χ0) is 16.0. The summed E-state index contributed by atoms with van der Waals surface area (Å²) in [4.78, 5) is 11.3. The summed E-state index contributed by atoms with van der Waals surface area (Å²) in [7, 11) is 0. The number of nitrogens with zero attached hydrogens (tertiary/aromatic N) is 5. The van der Waals surface area contributed by atoms with Gasteiger partial charge in [-0.1, -0.05) is 23.7 Å². The van der Waals surface area contributed by atoms with Crippen LogP contribution in [0.2, 0.25) is 5.02 Å². The minimum Gasteiger partial charge on any atom is -0.349 e. The molecular formula is C17H18ClN5. The fourth-order valence-corrected chi connectivity index (χ4v) is 3.47. The van der Waals surface area contributed by atoms with Gasteiger partial charge in [0, 0.05) is 23.3 Å². The molecule has 1 atom stereocenters. The predicted molar refractivity (Wildman–Crippen MR) is 91.0 cm³/mol. The van der Waals surface area contributed by atoms with Crippen molar-refractivity contribution in [3.05, 3.63) is 52.4 Å². The number of aromatic nitrogens is 4.